The quantitative estimate of drug-likeness (QED) is 0.925. The average molecular weight is 304 g/mol. The number of nitrogens with one attached hydrogen (secondary N) is 1. The summed E-state index contributed by atoms with van der Waals surface area (Å²) in [4.78, 5) is 14.3. The second-order valence-electron chi connectivity index (χ2n) is 6.83. The molecule has 0 aromatic heterocycles. The van der Waals surface area contributed by atoms with E-state index in [-0.39, 0.29) is 12.1 Å². The van der Waals surface area contributed by atoms with Gasteiger partial charge >= 0.3 is 6.03 Å². The Morgan fingerprint density at radius 3 is 2.68 bits per heavy atom. The lowest BCUT2D eigenvalue weighted by Gasteiger charge is -2.35. The first-order valence-electron chi connectivity index (χ1n) is 8.19. The Labute approximate surface area is 133 Å². The number of carbonyl (C=O) groups is 1. The Morgan fingerprint density at radius 1 is 1.36 bits per heavy atom. The van der Waals surface area contributed by atoms with Crippen LogP contribution in [0, 0.1) is 18.8 Å². The number of hydrogen-bond acceptors (Lipinski definition) is 2. The molecule has 1 heterocycles. The summed E-state index contributed by atoms with van der Waals surface area (Å²) in [5.74, 6) is 2.00. The van der Waals surface area contributed by atoms with Crippen LogP contribution in [-0.2, 0) is 0 Å². The number of amides is 2. The van der Waals surface area contributed by atoms with Crippen molar-refractivity contribution in [2.24, 2.45) is 11.8 Å². The van der Waals surface area contributed by atoms with Crippen molar-refractivity contribution in [3.63, 3.8) is 0 Å². The van der Waals surface area contributed by atoms with E-state index in [1.54, 1.807) is 0 Å². The molecule has 1 saturated heterocycles. The van der Waals surface area contributed by atoms with E-state index in [1.807, 2.05) is 43.0 Å². The normalized spacial score (nSPS) is 23.0. The van der Waals surface area contributed by atoms with E-state index in [0.29, 0.717) is 18.4 Å². The highest BCUT2D eigenvalue weighted by Gasteiger charge is 2.25. The van der Waals surface area contributed by atoms with Gasteiger partial charge in [0.2, 0.25) is 0 Å². The smallest absolute Gasteiger partial charge is 0.317 e. The summed E-state index contributed by atoms with van der Waals surface area (Å²) in [6.07, 6.45) is 1.20. The molecule has 1 aromatic rings. The minimum atomic E-state index is -0.0134. The third-order valence-corrected chi connectivity index (χ3v) is 4.02. The average Bonchev–Trinajstić information content (AvgIpc) is 2.44. The number of carbonyl (C=O) groups excluding carboxylic acids is 1. The molecule has 0 saturated carbocycles. The number of nitrogens with zero attached hydrogens (tertiary/aromatic N) is 1. The van der Waals surface area contributed by atoms with E-state index in [0.717, 1.165) is 18.8 Å². The minimum absolute atomic E-state index is 0.0134. The molecule has 4 heteroatoms. The molecule has 0 radical (unpaired) electrons. The highest BCUT2D eigenvalue weighted by molar-refractivity contribution is 5.74. The zero-order valence-electron chi connectivity index (χ0n) is 14.1. The molecule has 0 bridgehead atoms. The summed E-state index contributed by atoms with van der Waals surface area (Å²) >= 11 is 0. The third kappa shape index (κ3) is 4.93. The molecule has 2 amide bonds. The lowest BCUT2D eigenvalue weighted by Crippen LogP contribution is -2.50. The van der Waals surface area contributed by atoms with Crippen LogP contribution in [0.3, 0.4) is 0 Å². The second-order valence-corrected chi connectivity index (χ2v) is 6.83. The molecule has 1 N–H and O–H groups in total. The second kappa shape index (κ2) is 7.52. The molecule has 1 aliphatic heterocycles. The molecule has 0 aliphatic carbocycles. The summed E-state index contributed by atoms with van der Waals surface area (Å²) < 4.78 is 5.75. The summed E-state index contributed by atoms with van der Waals surface area (Å²) in [5.41, 5.74) is 1.17. The fourth-order valence-electron chi connectivity index (χ4n) is 3.10. The van der Waals surface area contributed by atoms with E-state index < -0.39 is 0 Å². The van der Waals surface area contributed by atoms with Crippen LogP contribution in [0.4, 0.5) is 4.79 Å². The van der Waals surface area contributed by atoms with Crippen LogP contribution in [0.25, 0.3) is 0 Å². The van der Waals surface area contributed by atoms with Gasteiger partial charge in [0.25, 0.3) is 0 Å². The van der Waals surface area contributed by atoms with Gasteiger partial charge in [-0.2, -0.15) is 0 Å². The summed E-state index contributed by atoms with van der Waals surface area (Å²) in [5, 5.41) is 3.04. The van der Waals surface area contributed by atoms with Crippen LogP contribution in [0.5, 0.6) is 5.75 Å². The molecule has 1 aliphatic rings. The van der Waals surface area contributed by atoms with E-state index in [2.05, 4.69) is 19.2 Å². The van der Waals surface area contributed by atoms with Gasteiger partial charge in [-0.1, -0.05) is 26.0 Å². The lowest BCUT2D eigenvalue weighted by atomic mass is 9.92. The van der Waals surface area contributed by atoms with Crippen LogP contribution >= 0.6 is 0 Å². The molecular formula is C18H28N2O2. The zero-order valence-corrected chi connectivity index (χ0v) is 14.1. The topological polar surface area (TPSA) is 41.6 Å². The van der Waals surface area contributed by atoms with E-state index >= 15 is 0 Å². The van der Waals surface area contributed by atoms with Crippen LogP contribution in [0.15, 0.2) is 24.3 Å². The van der Waals surface area contributed by atoms with Crippen molar-refractivity contribution < 1.29 is 9.53 Å². The molecular weight excluding hydrogens is 276 g/mol. The summed E-state index contributed by atoms with van der Waals surface area (Å²) in [6.45, 7) is 10.6. The maximum absolute atomic E-state index is 12.3. The zero-order chi connectivity index (χ0) is 16.1. The minimum Gasteiger partial charge on any atom is -0.491 e. The van der Waals surface area contributed by atoms with Crippen molar-refractivity contribution in [3.8, 4) is 5.75 Å². The standard InChI is InChI=1S/C18H28N2O2/c1-13-6-5-7-17(9-13)22-12-16(4)19-18(21)20-10-14(2)8-15(3)11-20/h5-7,9,14-16H,8,10-12H2,1-4H3,(H,19,21). The number of aryl methyl sites for hydroxylation is 1. The molecule has 3 atom stereocenters. The van der Waals surface area contributed by atoms with Crippen LogP contribution in [0.1, 0.15) is 32.8 Å². The van der Waals surface area contributed by atoms with Gasteiger partial charge in [-0.05, 0) is 49.8 Å². The van der Waals surface area contributed by atoms with Gasteiger partial charge in [0.1, 0.15) is 12.4 Å². The lowest BCUT2D eigenvalue weighted by molar-refractivity contribution is 0.141. The van der Waals surface area contributed by atoms with Crippen molar-refractivity contribution in [1.82, 2.24) is 10.2 Å². The molecule has 4 nitrogen and oxygen atoms in total. The Morgan fingerprint density at radius 2 is 2.05 bits per heavy atom. The van der Waals surface area contributed by atoms with Gasteiger partial charge < -0.3 is 15.0 Å². The predicted octanol–water partition coefficient (Wildman–Crippen LogP) is 3.45. The highest BCUT2D eigenvalue weighted by Crippen LogP contribution is 2.20. The van der Waals surface area contributed by atoms with Crippen LogP contribution in [0.2, 0.25) is 0 Å². The SMILES string of the molecule is Cc1cccc(OCC(C)NC(=O)N2CC(C)CC(C)C2)c1. The molecule has 3 unspecified atom stereocenters. The maximum atomic E-state index is 12.3. The monoisotopic (exact) mass is 304 g/mol. The van der Waals surface area contributed by atoms with E-state index in [9.17, 15) is 4.79 Å². The van der Waals surface area contributed by atoms with Gasteiger partial charge in [-0.25, -0.2) is 4.79 Å². The first-order valence-corrected chi connectivity index (χ1v) is 8.19. The molecule has 22 heavy (non-hydrogen) atoms. The Balaban J connectivity index is 1.78. The van der Waals surface area contributed by atoms with Crippen LogP contribution in [-0.4, -0.2) is 36.7 Å². The van der Waals surface area contributed by atoms with Crippen molar-refractivity contribution in [2.45, 2.75) is 40.2 Å². The Kier molecular flexibility index (Phi) is 5.69. The van der Waals surface area contributed by atoms with Gasteiger partial charge in [0.05, 0.1) is 6.04 Å². The molecule has 1 aromatic carbocycles. The predicted molar refractivity (Wildman–Crippen MR) is 89.2 cm³/mol. The molecule has 122 valence electrons. The van der Waals surface area contributed by atoms with Crippen molar-refractivity contribution in [2.75, 3.05) is 19.7 Å². The van der Waals surface area contributed by atoms with Crippen molar-refractivity contribution in [1.29, 1.82) is 0 Å². The van der Waals surface area contributed by atoms with Crippen molar-refractivity contribution in [3.05, 3.63) is 29.8 Å². The van der Waals surface area contributed by atoms with Gasteiger partial charge in [0, 0.05) is 13.1 Å². The number of rotatable bonds is 4. The Bertz CT molecular complexity index is 494. The first kappa shape index (κ1) is 16.7. The first-order chi connectivity index (χ1) is 10.4. The number of likely N-dealkylation sites (tertiary alicyclic amines) is 1. The number of piperidine rings is 1. The van der Waals surface area contributed by atoms with Gasteiger partial charge in [0.15, 0.2) is 0 Å². The molecule has 0 spiro atoms. The summed E-state index contributed by atoms with van der Waals surface area (Å²) in [7, 11) is 0. The van der Waals surface area contributed by atoms with E-state index in [4.69, 9.17) is 4.74 Å². The number of benzene rings is 1. The third-order valence-electron chi connectivity index (χ3n) is 4.02. The Hall–Kier alpha value is -1.71. The highest BCUT2D eigenvalue weighted by atomic mass is 16.5. The van der Waals surface area contributed by atoms with Gasteiger partial charge in [-0.15, -0.1) is 0 Å². The number of urea groups is 1. The van der Waals surface area contributed by atoms with Gasteiger partial charge in [-0.3, -0.25) is 0 Å². The fourth-order valence-corrected chi connectivity index (χ4v) is 3.10. The fraction of sp³-hybridized carbons (Fsp3) is 0.611. The van der Waals surface area contributed by atoms with Crippen molar-refractivity contribution >= 4 is 6.03 Å². The number of ether oxygens (including phenoxy) is 1. The number of hydrogen-bond donors (Lipinski definition) is 1. The summed E-state index contributed by atoms with van der Waals surface area (Å²) in [6, 6.07) is 7.97. The maximum Gasteiger partial charge on any atom is 0.317 e. The molecule has 2 rings (SSSR count). The van der Waals surface area contributed by atoms with Crippen LogP contribution < -0.4 is 10.1 Å². The molecule has 1 fully saturated rings. The van der Waals surface area contributed by atoms with E-state index in [1.165, 1.54) is 12.0 Å². The largest absolute Gasteiger partial charge is 0.491 e.